The lowest BCUT2D eigenvalue weighted by Gasteiger charge is -2.38. The molecule has 2 atom stereocenters. The molecule has 0 amide bonds. The van der Waals surface area contributed by atoms with Gasteiger partial charge >= 0.3 is 0 Å². The summed E-state index contributed by atoms with van der Waals surface area (Å²) in [5.74, 6) is -0.988. The fourth-order valence-electron chi connectivity index (χ4n) is 3.75. The second-order valence-electron chi connectivity index (χ2n) is 7.27. The zero-order valence-electron chi connectivity index (χ0n) is 16.8. The third-order valence-corrected chi connectivity index (χ3v) is 7.68. The van der Waals surface area contributed by atoms with Crippen LogP contribution in [0.5, 0.6) is 5.88 Å². The second-order valence-corrected chi connectivity index (χ2v) is 9.42. The summed E-state index contributed by atoms with van der Waals surface area (Å²) >= 11 is 0. The molecule has 2 aliphatic heterocycles. The monoisotopic (exact) mass is 449 g/mol. The summed E-state index contributed by atoms with van der Waals surface area (Å²) in [6.45, 7) is -0.294. The van der Waals surface area contributed by atoms with E-state index in [1.165, 1.54) is 44.8 Å². The Balaban J connectivity index is 1.72. The van der Waals surface area contributed by atoms with Gasteiger partial charge in [0.15, 0.2) is 5.78 Å². The highest BCUT2D eigenvalue weighted by Crippen LogP contribution is 2.43. The molecule has 12 heteroatoms. The second kappa shape index (κ2) is 7.54. The molecule has 0 radical (unpaired) electrons. The Morgan fingerprint density at radius 2 is 2.16 bits per heavy atom. The third-order valence-electron chi connectivity index (χ3n) is 5.49. The van der Waals surface area contributed by atoms with E-state index in [0.717, 1.165) is 4.31 Å². The van der Waals surface area contributed by atoms with Gasteiger partial charge in [-0.05, 0) is 17.7 Å². The molecule has 2 aliphatic rings. The quantitative estimate of drug-likeness (QED) is 0.641. The Morgan fingerprint density at radius 1 is 1.39 bits per heavy atom. The minimum Gasteiger partial charge on any atom is -0.480 e. The molecular weight excluding hydrogens is 429 g/mol. The van der Waals surface area contributed by atoms with E-state index in [0.29, 0.717) is 5.56 Å². The van der Waals surface area contributed by atoms with Gasteiger partial charge in [-0.2, -0.15) is 0 Å². The number of hydrogen-bond acceptors (Lipinski definition) is 9. The van der Waals surface area contributed by atoms with Gasteiger partial charge < -0.3 is 15.2 Å². The Morgan fingerprint density at radius 3 is 2.84 bits per heavy atom. The smallest absolute Gasteiger partial charge is 0.245 e. The first-order valence-corrected chi connectivity index (χ1v) is 10.8. The Labute approximate surface area is 178 Å². The van der Waals surface area contributed by atoms with Crippen LogP contribution in [0.25, 0.3) is 0 Å². The number of fused-ring (bicyclic) bond motifs is 1. The number of sulfonamides is 1. The molecule has 0 spiro atoms. The van der Waals surface area contributed by atoms with Crippen LogP contribution >= 0.6 is 0 Å². The summed E-state index contributed by atoms with van der Waals surface area (Å²) in [5, 5.41) is -1.13. The summed E-state index contributed by atoms with van der Waals surface area (Å²) in [5.41, 5.74) is 4.91. The van der Waals surface area contributed by atoms with E-state index in [9.17, 15) is 17.6 Å². The third kappa shape index (κ3) is 3.41. The number of carbonyl (C=O) groups is 1. The molecule has 31 heavy (non-hydrogen) atoms. The summed E-state index contributed by atoms with van der Waals surface area (Å²) < 4.78 is 51.9. The number of ketones is 1. The fraction of sp³-hybridized carbons (Fsp3) is 0.368. The molecule has 4 rings (SSSR count). The predicted molar refractivity (Wildman–Crippen MR) is 108 cm³/mol. The SMILES string of the molecule is COc1cnc(C(=O)Cc2ccc(F)c([C@]34COC[C@H]3S(=O)(=O)N(C)C(N)=N4)c2)cn1. The summed E-state index contributed by atoms with van der Waals surface area (Å²) in [7, 11) is -1.18. The van der Waals surface area contributed by atoms with Gasteiger partial charge in [0.05, 0.1) is 32.7 Å². The average Bonchev–Trinajstić information content (AvgIpc) is 3.19. The van der Waals surface area contributed by atoms with Crippen LogP contribution in [-0.2, 0) is 26.7 Å². The maximum Gasteiger partial charge on any atom is 0.245 e. The number of aromatic nitrogens is 2. The van der Waals surface area contributed by atoms with Crippen LogP contribution in [0.2, 0.25) is 0 Å². The van der Waals surface area contributed by atoms with Gasteiger partial charge in [0.2, 0.25) is 21.9 Å². The number of carbonyl (C=O) groups excluding carboxylic acids is 1. The molecule has 2 aromatic rings. The van der Waals surface area contributed by atoms with E-state index < -0.39 is 26.6 Å². The van der Waals surface area contributed by atoms with Crippen LogP contribution in [0, 0.1) is 5.82 Å². The summed E-state index contributed by atoms with van der Waals surface area (Å²) in [6, 6.07) is 4.06. The van der Waals surface area contributed by atoms with Gasteiger partial charge in [-0.15, -0.1) is 0 Å². The lowest BCUT2D eigenvalue weighted by Crippen LogP contribution is -2.57. The highest BCUT2D eigenvalue weighted by atomic mass is 32.2. The number of methoxy groups -OCH3 is 1. The zero-order chi connectivity index (χ0) is 22.4. The lowest BCUT2D eigenvalue weighted by molar-refractivity contribution is 0.0987. The van der Waals surface area contributed by atoms with Crippen molar-refractivity contribution in [3.63, 3.8) is 0 Å². The molecule has 164 valence electrons. The number of nitrogens with zero attached hydrogens (tertiary/aromatic N) is 4. The topological polar surface area (TPSA) is 137 Å². The number of guanidine groups is 1. The van der Waals surface area contributed by atoms with Crippen LogP contribution in [0.15, 0.2) is 35.6 Å². The van der Waals surface area contributed by atoms with Crippen LogP contribution in [0.1, 0.15) is 21.6 Å². The predicted octanol–water partition coefficient (Wildman–Crippen LogP) is 0.234. The number of aliphatic imine (C=N–C) groups is 1. The summed E-state index contributed by atoms with van der Waals surface area (Å²) in [6.07, 6.45) is 2.52. The molecule has 0 aliphatic carbocycles. The Bertz CT molecular complexity index is 1170. The van der Waals surface area contributed by atoms with Gasteiger partial charge in [0, 0.05) is 19.0 Å². The first kappa shape index (κ1) is 21.1. The van der Waals surface area contributed by atoms with Crippen LogP contribution in [-0.4, -0.2) is 67.1 Å². The van der Waals surface area contributed by atoms with Crippen LogP contribution in [0.4, 0.5) is 4.39 Å². The highest BCUT2D eigenvalue weighted by Gasteiger charge is 2.58. The molecule has 0 saturated carbocycles. The van der Waals surface area contributed by atoms with E-state index in [4.69, 9.17) is 15.2 Å². The Kier molecular flexibility index (Phi) is 5.13. The van der Waals surface area contributed by atoms with Crippen LogP contribution in [0.3, 0.4) is 0 Å². The molecule has 0 unspecified atom stereocenters. The van der Waals surface area contributed by atoms with Crippen molar-refractivity contribution in [1.29, 1.82) is 0 Å². The number of ether oxygens (including phenoxy) is 2. The van der Waals surface area contributed by atoms with Gasteiger partial charge in [-0.3, -0.25) is 4.79 Å². The number of hydrogen-bond donors (Lipinski definition) is 1. The molecule has 1 aromatic carbocycles. The van der Waals surface area contributed by atoms with Crippen molar-refractivity contribution in [2.24, 2.45) is 10.7 Å². The molecule has 10 nitrogen and oxygen atoms in total. The molecule has 2 N–H and O–H groups in total. The van der Waals surface area contributed by atoms with Gasteiger partial charge in [-0.25, -0.2) is 32.1 Å². The maximum absolute atomic E-state index is 14.9. The van der Waals surface area contributed by atoms with E-state index in [1.807, 2.05) is 0 Å². The van der Waals surface area contributed by atoms with Gasteiger partial charge in [-0.1, -0.05) is 6.07 Å². The van der Waals surface area contributed by atoms with E-state index in [-0.39, 0.29) is 48.5 Å². The fourth-order valence-corrected chi connectivity index (χ4v) is 5.44. The van der Waals surface area contributed by atoms with Crippen molar-refractivity contribution in [3.05, 3.63) is 53.2 Å². The van der Waals surface area contributed by atoms with Crippen molar-refractivity contribution in [2.75, 3.05) is 27.4 Å². The van der Waals surface area contributed by atoms with Gasteiger partial charge in [0.1, 0.15) is 22.3 Å². The first-order valence-electron chi connectivity index (χ1n) is 9.28. The standard InChI is InChI=1S/C19H20FN5O5S/c1-25-18(21)24-19(10-30-9-16(19)31(25,27)28)12-5-11(3-4-13(12)20)6-15(26)14-7-23-17(29-2)8-22-14/h3-5,7-8,16H,6,9-10H2,1-2H3,(H2,21,24)/t16-,19-/m1/s1. The Hall–Kier alpha value is -3.12. The number of benzene rings is 1. The first-order chi connectivity index (χ1) is 14.7. The van der Waals surface area contributed by atoms with Crippen molar-refractivity contribution >= 4 is 21.8 Å². The molecule has 1 aromatic heterocycles. The minimum absolute atomic E-state index is 0.0146. The average molecular weight is 449 g/mol. The van der Waals surface area contributed by atoms with Crippen molar-refractivity contribution in [1.82, 2.24) is 14.3 Å². The van der Waals surface area contributed by atoms with Crippen molar-refractivity contribution in [2.45, 2.75) is 17.2 Å². The molecule has 0 bridgehead atoms. The summed E-state index contributed by atoms with van der Waals surface area (Å²) in [4.78, 5) is 24.9. The van der Waals surface area contributed by atoms with Gasteiger partial charge in [0.25, 0.3) is 0 Å². The van der Waals surface area contributed by atoms with E-state index in [1.54, 1.807) is 0 Å². The normalized spacial score (nSPS) is 24.4. The largest absolute Gasteiger partial charge is 0.480 e. The van der Waals surface area contributed by atoms with E-state index >= 15 is 0 Å². The van der Waals surface area contributed by atoms with Crippen molar-refractivity contribution < 1.29 is 27.1 Å². The zero-order valence-corrected chi connectivity index (χ0v) is 17.6. The number of halogens is 1. The van der Waals surface area contributed by atoms with Crippen LogP contribution < -0.4 is 10.5 Å². The lowest BCUT2D eigenvalue weighted by atomic mass is 9.87. The number of Topliss-reactive ketones (excluding diaryl/α,β-unsaturated/α-hetero) is 1. The highest BCUT2D eigenvalue weighted by molar-refractivity contribution is 7.90. The van der Waals surface area contributed by atoms with Crippen molar-refractivity contribution in [3.8, 4) is 5.88 Å². The number of rotatable bonds is 5. The molecular formula is C19H20FN5O5S. The molecule has 3 heterocycles. The number of nitrogens with two attached hydrogens (primary N) is 1. The molecule has 1 fully saturated rings. The molecule has 1 saturated heterocycles. The van der Waals surface area contributed by atoms with E-state index in [2.05, 4.69) is 15.0 Å². The minimum atomic E-state index is -3.91. The maximum atomic E-state index is 14.9.